The molecule has 19 heavy (non-hydrogen) atoms. The molecule has 2 heteroatoms. The van der Waals surface area contributed by atoms with Crippen molar-refractivity contribution < 1.29 is 4.79 Å². The molecule has 98 valence electrons. The molecule has 0 heterocycles. The summed E-state index contributed by atoms with van der Waals surface area (Å²) < 4.78 is 0. The Morgan fingerprint density at radius 1 is 1.00 bits per heavy atom. The van der Waals surface area contributed by atoms with E-state index in [1.165, 1.54) is 5.56 Å². The molecule has 1 atom stereocenters. The molecule has 2 nitrogen and oxygen atoms in total. The van der Waals surface area contributed by atoms with E-state index in [1.54, 1.807) is 4.90 Å². The van der Waals surface area contributed by atoms with Crippen molar-refractivity contribution in [2.24, 2.45) is 5.92 Å². The number of hydrogen-bond acceptors (Lipinski definition) is 1. The van der Waals surface area contributed by atoms with Gasteiger partial charge in [0.2, 0.25) is 5.91 Å². The maximum atomic E-state index is 12.4. The topological polar surface area (TPSA) is 20.3 Å². The van der Waals surface area contributed by atoms with E-state index in [4.69, 9.17) is 0 Å². The third-order valence-electron chi connectivity index (χ3n) is 3.28. The molecule has 0 aliphatic carbocycles. The third kappa shape index (κ3) is 3.44. The summed E-state index contributed by atoms with van der Waals surface area (Å²) in [5.41, 5.74) is 2.14. The zero-order chi connectivity index (χ0) is 13.7. The highest BCUT2D eigenvalue weighted by molar-refractivity contribution is 5.94. The van der Waals surface area contributed by atoms with E-state index in [2.05, 4.69) is 12.1 Å². The van der Waals surface area contributed by atoms with Crippen molar-refractivity contribution >= 4 is 11.6 Å². The minimum absolute atomic E-state index is 0.0207. The van der Waals surface area contributed by atoms with Crippen LogP contribution in [0, 0.1) is 5.92 Å². The van der Waals surface area contributed by atoms with Gasteiger partial charge in [-0.1, -0.05) is 55.5 Å². The van der Waals surface area contributed by atoms with Gasteiger partial charge in [0.05, 0.1) is 0 Å². The first kappa shape index (κ1) is 13.3. The Bertz CT molecular complexity index is 521. The van der Waals surface area contributed by atoms with Crippen LogP contribution in [0.4, 0.5) is 5.69 Å². The van der Waals surface area contributed by atoms with Gasteiger partial charge in [-0.2, -0.15) is 0 Å². The second-order valence-electron chi connectivity index (χ2n) is 4.82. The predicted molar refractivity (Wildman–Crippen MR) is 79.2 cm³/mol. The highest BCUT2D eigenvalue weighted by Gasteiger charge is 2.18. The van der Waals surface area contributed by atoms with Gasteiger partial charge in [0.25, 0.3) is 0 Å². The fourth-order valence-corrected chi connectivity index (χ4v) is 2.16. The Kier molecular flexibility index (Phi) is 4.35. The number of carbonyl (C=O) groups is 1. The lowest BCUT2D eigenvalue weighted by molar-refractivity contribution is -0.121. The van der Waals surface area contributed by atoms with E-state index in [0.29, 0.717) is 0 Å². The minimum atomic E-state index is -0.0207. The summed E-state index contributed by atoms with van der Waals surface area (Å²) in [4.78, 5) is 14.1. The average Bonchev–Trinajstić information content (AvgIpc) is 2.47. The summed E-state index contributed by atoms with van der Waals surface area (Å²) in [5, 5.41) is 0. The molecule has 0 fully saturated rings. The second-order valence-corrected chi connectivity index (χ2v) is 4.82. The standard InChI is InChI=1S/C17H19NO/c1-14(13-15-9-5-3-6-10-15)17(19)18(2)16-11-7-4-8-12-16/h3-12,14H,13H2,1-2H3/t14-/m1/s1. The number of para-hydroxylation sites is 1. The lowest BCUT2D eigenvalue weighted by Crippen LogP contribution is -2.32. The molecule has 0 aliphatic heterocycles. The number of carbonyl (C=O) groups excluding carboxylic acids is 1. The number of anilines is 1. The number of amides is 1. The molecule has 0 bridgehead atoms. The first-order valence-electron chi connectivity index (χ1n) is 6.55. The normalized spacial score (nSPS) is 11.9. The van der Waals surface area contributed by atoms with Gasteiger partial charge in [0.1, 0.15) is 0 Å². The van der Waals surface area contributed by atoms with E-state index in [0.717, 1.165) is 12.1 Å². The van der Waals surface area contributed by atoms with E-state index in [1.807, 2.05) is 62.5 Å². The third-order valence-corrected chi connectivity index (χ3v) is 3.28. The molecule has 0 saturated heterocycles. The molecule has 0 unspecified atom stereocenters. The summed E-state index contributed by atoms with van der Waals surface area (Å²) in [6, 6.07) is 19.9. The maximum absolute atomic E-state index is 12.4. The average molecular weight is 253 g/mol. The van der Waals surface area contributed by atoms with Crippen LogP contribution in [0.3, 0.4) is 0 Å². The van der Waals surface area contributed by atoms with Gasteiger partial charge in [-0.25, -0.2) is 0 Å². The Balaban J connectivity index is 2.03. The Hall–Kier alpha value is -2.09. The molecule has 0 aliphatic rings. The van der Waals surface area contributed by atoms with Crippen LogP contribution in [0.25, 0.3) is 0 Å². The zero-order valence-electron chi connectivity index (χ0n) is 11.4. The first-order chi connectivity index (χ1) is 9.18. The lowest BCUT2D eigenvalue weighted by Gasteiger charge is -2.21. The number of hydrogen-bond donors (Lipinski definition) is 0. The molecule has 2 aromatic carbocycles. The van der Waals surface area contributed by atoms with Gasteiger partial charge in [-0.15, -0.1) is 0 Å². The van der Waals surface area contributed by atoms with Gasteiger partial charge in [0.15, 0.2) is 0 Å². The fraction of sp³-hybridized carbons (Fsp3) is 0.235. The van der Waals surface area contributed by atoms with Gasteiger partial charge in [-0.3, -0.25) is 4.79 Å². The largest absolute Gasteiger partial charge is 0.315 e. The molecule has 0 spiro atoms. The van der Waals surface area contributed by atoms with Gasteiger partial charge in [0, 0.05) is 18.7 Å². The first-order valence-corrected chi connectivity index (χ1v) is 6.55. The molecule has 0 saturated carbocycles. The SMILES string of the molecule is C[C@H](Cc1ccccc1)C(=O)N(C)c1ccccc1. The van der Waals surface area contributed by atoms with Crippen LogP contribution in [-0.4, -0.2) is 13.0 Å². The summed E-state index contributed by atoms with van der Waals surface area (Å²) in [5.74, 6) is 0.127. The van der Waals surface area contributed by atoms with Crippen molar-refractivity contribution in [1.29, 1.82) is 0 Å². The van der Waals surface area contributed by atoms with Gasteiger partial charge in [-0.05, 0) is 24.1 Å². The summed E-state index contributed by atoms with van der Waals surface area (Å²) in [6.45, 7) is 1.98. The van der Waals surface area contributed by atoms with Gasteiger partial charge < -0.3 is 4.90 Å². The maximum Gasteiger partial charge on any atom is 0.229 e. The number of nitrogens with zero attached hydrogens (tertiary/aromatic N) is 1. The van der Waals surface area contributed by atoms with Crippen molar-refractivity contribution in [2.45, 2.75) is 13.3 Å². The van der Waals surface area contributed by atoms with E-state index in [9.17, 15) is 4.79 Å². The van der Waals surface area contributed by atoms with E-state index in [-0.39, 0.29) is 11.8 Å². The quantitative estimate of drug-likeness (QED) is 0.816. The summed E-state index contributed by atoms with van der Waals surface area (Å²) >= 11 is 0. The predicted octanol–water partition coefficient (Wildman–Crippen LogP) is 3.53. The Labute approximate surface area is 114 Å². The van der Waals surface area contributed by atoms with Crippen LogP contribution in [-0.2, 0) is 11.2 Å². The highest BCUT2D eigenvalue weighted by atomic mass is 16.2. The van der Waals surface area contributed by atoms with Crippen molar-refractivity contribution in [3.05, 3.63) is 66.2 Å². The lowest BCUT2D eigenvalue weighted by atomic mass is 10.00. The van der Waals surface area contributed by atoms with Crippen LogP contribution in [0.5, 0.6) is 0 Å². The van der Waals surface area contributed by atoms with Crippen molar-refractivity contribution in [1.82, 2.24) is 0 Å². The van der Waals surface area contributed by atoms with Crippen LogP contribution in [0.15, 0.2) is 60.7 Å². The van der Waals surface area contributed by atoms with Crippen LogP contribution < -0.4 is 4.90 Å². The van der Waals surface area contributed by atoms with Crippen LogP contribution in [0.2, 0.25) is 0 Å². The van der Waals surface area contributed by atoms with Gasteiger partial charge >= 0.3 is 0 Å². The highest BCUT2D eigenvalue weighted by Crippen LogP contribution is 2.16. The molecule has 0 N–H and O–H groups in total. The summed E-state index contributed by atoms with van der Waals surface area (Å²) in [7, 11) is 1.83. The van der Waals surface area contributed by atoms with Crippen molar-refractivity contribution in [2.75, 3.05) is 11.9 Å². The van der Waals surface area contributed by atoms with Crippen molar-refractivity contribution in [3.63, 3.8) is 0 Å². The zero-order valence-corrected chi connectivity index (χ0v) is 11.4. The molecular formula is C17H19NO. The van der Waals surface area contributed by atoms with Crippen LogP contribution >= 0.6 is 0 Å². The number of benzene rings is 2. The molecule has 1 amide bonds. The molecule has 0 aromatic heterocycles. The van der Waals surface area contributed by atoms with E-state index < -0.39 is 0 Å². The smallest absolute Gasteiger partial charge is 0.229 e. The molecular weight excluding hydrogens is 234 g/mol. The van der Waals surface area contributed by atoms with E-state index >= 15 is 0 Å². The Morgan fingerprint density at radius 2 is 1.53 bits per heavy atom. The number of rotatable bonds is 4. The molecule has 2 rings (SSSR count). The summed E-state index contributed by atoms with van der Waals surface area (Å²) in [6.07, 6.45) is 0.775. The monoisotopic (exact) mass is 253 g/mol. The molecule has 0 radical (unpaired) electrons. The van der Waals surface area contributed by atoms with Crippen molar-refractivity contribution in [3.8, 4) is 0 Å². The van der Waals surface area contributed by atoms with Crippen LogP contribution in [0.1, 0.15) is 12.5 Å². The Morgan fingerprint density at radius 3 is 2.11 bits per heavy atom. The minimum Gasteiger partial charge on any atom is -0.315 e. The second kappa shape index (κ2) is 6.19. The fourth-order valence-electron chi connectivity index (χ4n) is 2.16. The molecule has 2 aromatic rings.